The summed E-state index contributed by atoms with van der Waals surface area (Å²) in [7, 11) is 0. The topological polar surface area (TPSA) is 30.0 Å². The fourth-order valence-electron chi connectivity index (χ4n) is 2.76. The highest BCUT2D eigenvalue weighted by molar-refractivity contribution is 5.80. The van der Waals surface area contributed by atoms with Gasteiger partial charge in [0, 0.05) is 30.7 Å². The first-order valence-corrected chi connectivity index (χ1v) is 6.86. The molecule has 1 aliphatic carbocycles. The second-order valence-electron chi connectivity index (χ2n) is 5.17. The fourth-order valence-corrected chi connectivity index (χ4v) is 2.76. The van der Waals surface area contributed by atoms with Crippen LogP contribution in [0.1, 0.15) is 37.3 Å². The molecule has 96 valence electrons. The van der Waals surface area contributed by atoms with Gasteiger partial charge in [-0.05, 0) is 36.1 Å². The highest BCUT2D eigenvalue weighted by atomic mass is 16.1. The SMILES string of the molecule is O=C1CCC[C@@H](c2cc(-c3ccccc3)ccn2)C1. The summed E-state index contributed by atoms with van der Waals surface area (Å²) >= 11 is 0. The molecule has 1 aromatic carbocycles. The number of rotatable bonds is 2. The van der Waals surface area contributed by atoms with Crippen LogP contribution in [0.2, 0.25) is 0 Å². The molecule has 0 radical (unpaired) electrons. The molecule has 1 atom stereocenters. The first kappa shape index (κ1) is 12.1. The van der Waals surface area contributed by atoms with Crippen molar-refractivity contribution in [2.24, 2.45) is 0 Å². The number of carbonyl (C=O) groups excluding carboxylic acids is 1. The van der Waals surface area contributed by atoms with Gasteiger partial charge in [-0.25, -0.2) is 0 Å². The molecule has 0 aliphatic heterocycles. The van der Waals surface area contributed by atoms with E-state index in [0.717, 1.165) is 25.0 Å². The predicted octanol–water partition coefficient (Wildman–Crippen LogP) is 3.98. The molecular formula is C17H17NO. The van der Waals surface area contributed by atoms with Crippen molar-refractivity contribution in [3.63, 3.8) is 0 Å². The zero-order valence-corrected chi connectivity index (χ0v) is 10.9. The van der Waals surface area contributed by atoms with E-state index in [4.69, 9.17) is 0 Å². The van der Waals surface area contributed by atoms with Gasteiger partial charge in [0.25, 0.3) is 0 Å². The Hall–Kier alpha value is -1.96. The van der Waals surface area contributed by atoms with Crippen LogP contribution in [0.4, 0.5) is 0 Å². The van der Waals surface area contributed by atoms with Gasteiger partial charge in [-0.3, -0.25) is 9.78 Å². The molecule has 0 spiro atoms. The molecule has 2 heteroatoms. The number of nitrogens with zero attached hydrogens (tertiary/aromatic N) is 1. The zero-order chi connectivity index (χ0) is 13.1. The summed E-state index contributed by atoms with van der Waals surface area (Å²) in [6.07, 6.45) is 5.34. The summed E-state index contributed by atoms with van der Waals surface area (Å²) in [6.45, 7) is 0. The predicted molar refractivity (Wildman–Crippen MR) is 75.9 cm³/mol. The maximum absolute atomic E-state index is 11.6. The summed E-state index contributed by atoms with van der Waals surface area (Å²) in [6, 6.07) is 14.5. The number of ketones is 1. The average molecular weight is 251 g/mol. The van der Waals surface area contributed by atoms with Crippen LogP contribution < -0.4 is 0 Å². The van der Waals surface area contributed by atoms with Crippen molar-refractivity contribution < 1.29 is 4.79 Å². The van der Waals surface area contributed by atoms with Gasteiger partial charge in [0.15, 0.2) is 0 Å². The Morgan fingerprint density at radius 3 is 2.68 bits per heavy atom. The lowest BCUT2D eigenvalue weighted by molar-refractivity contribution is -0.120. The second kappa shape index (κ2) is 5.35. The zero-order valence-electron chi connectivity index (χ0n) is 10.9. The molecule has 19 heavy (non-hydrogen) atoms. The minimum Gasteiger partial charge on any atom is -0.300 e. The Bertz CT molecular complexity index is 577. The molecule has 0 N–H and O–H groups in total. The monoisotopic (exact) mass is 251 g/mol. The Morgan fingerprint density at radius 2 is 1.89 bits per heavy atom. The summed E-state index contributed by atoms with van der Waals surface area (Å²) < 4.78 is 0. The van der Waals surface area contributed by atoms with Crippen LogP contribution in [-0.2, 0) is 4.79 Å². The summed E-state index contributed by atoms with van der Waals surface area (Å²) in [5.41, 5.74) is 3.45. The van der Waals surface area contributed by atoms with Gasteiger partial charge in [-0.15, -0.1) is 0 Å². The third kappa shape index (κ3) is 2.73. The van der Waals surface area contributed by atoms with E-state index < -0.39 is 0 Å². The van der Waals surface area contributed by atoms with E-state index in [-0.39, 0.29) is 0 Å². The lowest BCUT2D eigenvalue weighted by atomic mass is 9.85. The average Bonchev–Trinajstić information content (AvgIpc) is 2.48. The molecule has 0 unspecified atom stereocenters. The van der Waals surface area contributed by atoms with Crippen molar-refractivity contribution in [2.45, 2.75) is 31.6 Å². The number of aromatic nitrogens is 1. The van der Waals surface area contributed by atoms with Crippen molar-refractivity contribution in [1.29, 1.82) is 0 Å². The largest absolute Gasteiger partial charge is 0.300 e. The van der Waals surface area contributed by atoms with E-state index in [2.05, 4.69) is 23.2 Å². The summed E-state index contributed by atoms with van der Waals surface area (Å²) in [5, 5.41) is 0. The second-order valence-corrected chi connectivity index (χ2v) is 5.17. The quantitative estimate of drug-likeness (QED) is 0.808. The Kier molecular flexibility index (Phi) is 3.41. The number of Topliss-reactive ketones (excluding diaryl/α,β-unsaturated/α-hetero) is 1. The van der Waals surface area contributed by atoms with Crippen LogP contribution in [0.5, 0.6) is 0 Å². The standard InChI is InChI=1S/C17H17NO/c19-16-8-4-7-15(11-16)17-12-14(9-10-18-17)13-5-2-1-3-6-13/h1-3,5-6,9-10,12,15H,4,7-8,11H2/t15-/m1/s1. The first-order valence-electron chi connectivity index (χ1n) is 6.86. The molecule has 1 aliphatic rings. The van der Waals surface area contributed by atoms with Crippen LogP contribution in [0.25, 0.3) is 11.1 Å². The van der Waals surface area contributed by atoms with E-state index >= 15 is 0 Å². The number of pyridine rings is 1. The molecule has 3 rings (SSSR count). The highest BCUT2D eigenvalue weighted by Gasteiger charge is 2.22. The van der Waals surface area contributed by atoms with Gasteiger partial charge < -0.3 is 0 Å². The van der Waals surface area contributed by atoms with Crippen molar-refractivity contribution >= 4 is 5.78 Å². The third-order valence-electron chi connectivity index (χ3n) is 3.79. The minimum atomic E-state index is 0.310. The fraction of sp³-hybridized carbons (Fsp3) is 0.294. The van der Waals surface area contributed by atoms with Crippen molar-refractivity contribution in [3.05, 3.63) is 54.4 Å². The van der Waals surface area contributed by atoms with Gasteiger partial charge in [-0.1, -0.05) is 30.3 Å². The van der Waals surface area contributed by atoms with Crippen molar-refractivity contribution in [2.75, 3.05) is 0 Å². The number of hydrogen-bond acceptors (Lipinski definition) is 2. The number of benzene rings is 1. The van der Waals surface area contributed by atoms with E-state index in [0.29, 0.717) is 18.1 Å². The van der Waals surface area contributed by atoms with Gasteiger partial charge in [0.05, 0.1) is 0 Å². The molecule has 0 amide bonds. The van der Waals surface area contributed by atoms with E-state index in [1.54, 1.807) is 0 Å². The van der Waals surface area contributed by atoms with E-state index in [1.165, 1.54) is 11.1 Å². The lowest BCUT2D eigenvalue weighted by Gasteiger charge is -2.20. The van der Waals surface area contributed by atoms with Crippen LogP contribution in [-0.4, -0.2) is 10.8 Å². The van der Waals surface area contributed by atoms with Gasteiger partial charge in [-0.2, -0.15) is 0 Å². The smallest absolute Gasteiger partial charge is 0.133 e. The number of hydrogen-bond donors (Lipinski definition) is 0. The van der Waals surface area contributed by atoms with E-state index in [1.807, 2.05) is 30.5 Å². The summed E-state index contributed by atoms with van der Waals surface area (Å²) in [4.78, 5) is 16.0. The molecule has 1 fully saturated rings. The molecular weight excluding hydrogens is 234 g/mol. The molecule has 2 aromatic rings. The van der Waals surface area contributed by atoms with Crippen molar-refractivity contribution in [1.82, 2.24) is 4.98 Å². The van der Waals surface area contributed by atoms with Crippen LogP contribution in [0.15, 0.2) is 48.7 Å². The van der Waals surface area contributed by atoms with Gasteiger partial charge in [0.1, 0.15) is 5.78 Å². The molecule has 2 nitrogen and oxygen atoms in total. The molecule has 1 saturated carbocycles. The first-order chi connectivity index (χ1) is 9.33. The van der Waals surface area contributed by atoms with Crippen molar-refractivity contribution in [3.8, 4) is 11.1 Å². The van der Waals surface area contributed by atoms with Gasteiger partial charge in [0.2, 0.25) is 0 Å². The van der Waals surface area contributed by atoms with Crippen LogP contribution in [0.3, 0.4) is 0 Å². The third-order valence-corrected chi connectivity index (χ3v) is 3.79. The molecule has 0 bridgehead atoms. The Balaban J connectivity index is 1.90. The highest BCUT2D eigenvalue weighted by Crippen LogP contribution is 2.31. The normalized spacial score (nSPS) is 19.4. The molecule has 1 heterocycles. The lowest BCUT2D eigenvalue weighted by Crippen LogP contribution is -2.14. The van der Waals surface area contributed by atoms with Crippen LogP contribution in [0, 0.1) is 0 Å². The maximum atomic E-state index is 11.6. The minimum absolute atomic E-state index is 0.310. The van der Waals surface area contributed by atoms with Crippen LogP contribution >= 0.6 is 0 Å². The Morgan fingerprint density at radius 1 is 1.05 bits per heavy atom. The summed E-state index contributed by atoms with van der Waals surface area (Å²) in [5.74, 6) is 0.688. The maximum Gasteiger partial charge on any atom is 0.133 e. The Labute approximate surface area is 113 Å². The van der Waals surface area contributed by atoms with E-state index in [9.17, 15) is 4.79 Å². The number of carbonyl (C=O) groups is 1. The van der Waals surface area contributed by atoms with Gasteiger partial charge >= 0.3 is 0 Å². The molecule has 0 saturated heterocycles. The molecule has 1 aromatic heterocycles.